The average Bonchev–Trinajstić information content (AvgIpc) is 3.15. The second-order valence-corrected chi connectivity index (χ2v) is 7.44. The minimum Gasteiger partial charge on any atom is -0.446 e. The Morgan fingerprint density at radius 3 is 2.62 bits per heavy atom. The maximum Gasteiger partial charge on any atom is 0.200 e. The predicted octanol–water partition coefficient (Wildman–Crippen LogP) is 4.42. The molecule has 5 nitrogen and oxygen atoms in total. The number of benzene rings is 1. The molecule has 0 saturated heterocycles. The Kier molecular flexibility index (Phi) is 5.20. The van der Waals surface area contributed by atoms with Crippen molar-refractivity contribution in [3.8, 4) is 11.6 Å². The third kappa shape index (κ3) is 3.79. The van der Waals surface area contributed by atoms with Gasteiger partial charge in [0.05, 0.1) is 11.8 Å². The summed E-state index contributed by atoms with van der Waals surface area (Å²) in [5, 5.41) is 9.06. The van der Waals surface area contributed by atoms with Crippen molar-refractivity contribution < 1.29 is 9.21 Å². The molecule has 7 heteroatoms. The van der Waals surface area contributed by atoms with Crippen LogP contribution in [0.3, 0.4) is 0 Å². The number of rotatable bonds is 6. The van der Waals surface area contributed by atoms with E-state index >= 15 is 0 Å². The average molecular weight is 406 g/mol. The Morgan fingerprint density at radius 2 is 2.00 bits per heavy atom. The normalized spacial score (nSPS) is 12.3. The summed E-state index contributed by atoms with van der Waals surface area (Å²) < 4.78 is 8.24. The van der Waals surface area contributed by atoms with Gasteiger partial charge in [-0.05, 0) is 47.5 Å². The van der Waals surface area contributed by atoms with E-state index in [4.69, 9.17) is 4.42 Å². The van der Waals surface area contributed by atoms with E-state index < -0.39 is 0 Å². The molecular formula is C17H16BrN3O2S. The van der Waals surface area contributed by atoms with Gasteiger partial charge in [-0.15, -0.1) is 10.2 Å². The standard InChI is InChI=1S/C17H16BrN3O2S/c1-11(22)12(2)24-17-20-19-16(14-8-9-15(18)23-14)21(17)10-13-6-4-3-5-7-13/h3-9,12H,10H2,1-2H3/t12-/m0/s1. The number of thioether (sulfide) groups is 1. The topological polar surface area (TPSA) is 60.9 Å². The largest absolute Gasteiger partial charge is 0.446 e. The Morgan fingerprint density at radius 1 is 1.25 bits per heavy atom. The van der Waals surface area contributed by atoms with Crippen molar-refractivity contribution in [1.82, 2.24) is 14.8 Å². The summed E-state index contributed by atoms with van der Waals surface area (Å²) in [7, 11) is 0. The van der Waals surface area contributed by atoms with Crippen LogP contribution in [0.25, 0.3) is 11.6 Å². The molecule has 0 saturated carbocycles. The summed E-state index contributed by atoms with van der Waals surface area (Å²) in [6, 6.07) is 13.7. The zero-order chi connectivity index (χ0) is 17.1. The molecule has 1 aromatic carbocycles. The van der Waals surface area contributed by atoms with Crippen LogP contribution in [-0.2, 0) is 11.3 Å². The third-order valence-corrected chi connectivity index (χ3v) is 5.17. The van der Waals surface area contributed by atoms with Gasteiger partial charge >= 0.3 is 0 Å². The summed E-state index contributed by atoms with van der Waals surface area (Å²) in [6.07, 6.45) is 0. The van der Waals surface area contributed by atoms with E-state index in [-0.39, 0.29) is 11.0 Å². The molecule has 0 bridgehead atoms. The van der Waals surface area contributed by atoms with Crippen LogP contribution in [-0.4, -0.2) is 25.8 Å². The third-order valence-electron chi connectivity index (χ3n) is 3.55. The van der Waals surface area contributed by atoms with Crippen LogP contribution in [0, 0.1) is 0 Å². The molecule has 0 aliphatic carbocycles. The lowest BCUT2D eigenvalue weighted by molar-refractivity contribution is -0.116. The van der Waals surface area contributed by atoms with Crippen molar-refractivity contribution in [2.45, 2.75) is 30.8 Å². The molecule has 0 radical (unpaired) electrons. The molecule has 0 aliphatic rings. The van der Waals surface area contributed by atoms with Crippen LogP contribution in [0.15, 0.2) is 56.7 Å². The number of furan rings is 1. The maximum absolute atomic E-state index is 11.6. The highest BCUT2D eigenvalue weighted by Gasteiger charge is 2.20. The van der Waals surface area contributed by atoms with Crippen molar-refractivity contribution in [3.63, 3.8) is 0 Å². The molecular weight excluding hydrogens is 390 g/mol. The van der Waals surface area contributed by atoms with E-state index in [0.717, 1.165) is 5.56 Å². The molecule has 2 aromatic heterocycles. The first-order valence-corrected chi connectivity index (χ1v) is 9.12. The van der Waals surface area contributed by atoms with Gasteiger partial charge in [-0.25, -0.2) is 0 Å². The van der Waals surface area contributed by atoms with E-state index in [0.29, 0.717) is 28.0 Å². The van der Waals surface area contributed by atoms with Crippen LogP contribution in [0.5, 0.6) is 0 Å². The number of hydrogen-bond donors (Lipinski definition) is 0. The van der Waals surface area contributed by atoms with Crippen LogP contribution < -0.4 is 0 Å². The molecule has 0 spiro atoms. The first kappa shape index (κ1) is 17.0. The second-order valence-electron chi connectivity index (χ2n) is 5.35. The van der Waals surface area contributed by atoms with Gasteiger partial charge in [-0.2, -0.15) is 0 Å². The van der Waals surface area contributed by atoms with Crippen LogP contribution in [0.2, 0.25) is 0 Å². The minimum atomic E-state index is -0.181. The van der Waals surface area contributed by atoms with Crippen molar-refractivity contribution in [3.05, 3.63) is 52.7 Å². The summed E-state index contributed by atoms with van der Waals surface area (Å²) in [5.41, 5.74) is 1.13. The molecule has 0 aliphatic heterocycles. The first-order valence-electron chi connectivity index (χ1n) is 7.44. The van der Waals surface area contributed by atoms with Gasteiger partial charge in [0, 0.05) is 0 Å². The predicted molar refractivity (Wildman–Crippen MR) is 97.0 cm³/mol. The maximum atomic E-state index is 11.6. The van der Waals surface area contributed by atoms with Crippen molar-refractivity contribution >= 4 is 33.5 Å². The van der Waals surface area contributed by atoms with Crippen LogP contribution >= 0.6 is 27.7 Å². The zero-order valence-electron chi connectivity index (χ0n) is 13.3. The fraction of sp³-hybridized carbons (Fsp3) is 0.235. The highest BCUT2D eigenvalue weighted by atomic mass is 79.9. The fourth-order valence-electron chi connectivity index (χ4n) is 2.14. The van der Waals surface area contributed by atoms with Gasteiger partial charge in [-0.1, -0.05) is 42.1 Å². The zero-order valence-corrected chi connectivity index (χ0v) is 15.7. The number of carbonyl (C=O) groups excluding carboxylic acids is 1. The van der Waals surface area contributed by atoms with Crippen molar-refractivity contribution in [2.24, 2.45) is 0 Å². The molecule has 2 heterocycles. The van der Waals surface area contributed by atoms with E-state index in [1.165, 1.54) is 11.8 Å². The number of hydrogen-bond acceptors (Lipinski definition) is 5. The number of carbonyl (C=O) groups is 1. The smallest absolute Gasteiger partial charge is 0.200 e. The fourth-order valence-corrected chi connectivity index (χ4v) is 3.30. The lowest BCUT2D eigenvalue weighted by Crippen LogP contribution is -2.11. The van der Waals surface area contributed by atoms with Gasteiger partial charge in [0.25, 0.3) is 0 Å². The number of ketones is 1. The SMILES string of the molecule is CC(=O)[C@H](C)Sc1nnc(-c2ccc(Br)o2)n1Cc1ccccc1. The molecule has 3 aromatic rings. The van der Waals surface area contributed by atoms with Gasteiger partial charge in [0.15, 0.2) is 15.6 Å². The molecule has 3 rings (SSSR count). The first-order chi connectivity index (χ1) is 11.5. The minimum absolute atomic E-state index is 0.108. The van der Waals surface area contributed by atoms with Gasteiger partial charge in [-0.3, -0.25) is 9.36 Å². The number of aromatic nitrogens is 3. The molecule has 24 heavy (non-hydrogen) atoms. The van der Waals surface area contributed by atoms with Crippen molar-refractivity contribution in [2.75, 3.05) is 0 Å². The molecule has 0 fully saturated rings. The molecule has 0 N–H and O–H groups in total. The quantitative estimate of drug-likeness (QED) is 0.568. The molecule has 124 valence electrons. The Balaban J connectivity index is 2.00. The summed E-state index contributed by atoms with van der Waals surface area (Å²) in [5.74, 6) is 1.38. The number of Topliss-reactive ketones (excluding diaryl/α,β-unsaturated/α-hetero) is 1. The summed E-state index contributed by atoms with van der Waals surface area (Å²) in [4.78, 5) is 11.6. The lowest BCUT2D eigenvalue weighted by Gasteiger charge is -2.11. The van der Waals surface area contributed by atoms with Gasteiger partial charge in [0.2, 0.25) is 5.82 Å². The molecule has 0 amide bonds. The van der Waals surface area contributed by atoms with E-state index in [9.17, 15) is 4.79 Å². The van der Waals surface area contributed by atoms with E-state index in [1.807, 2.05) is 54.0 Å². The molecule has 1 atom stereocenters. The summed E-state index contributed by atoms with van der Waals surface area (Å²) in [6.45, 7) is 4.06. The monoisotopic (exact) mass is 405 g/mol. The second kappa shape index (κ2) is 7.36. The summed E-state index contributed by atoms with van der Waals surface area (Å²) >= 11 is 4.72. The van der Waals surface area contributed by atoms with Gasteiger partial charge in [0.1, 0.15) is 5.78 Å². The highest BCUT2D eigenvalue weighted by molar-refractivity contribution is 9.10. The van der Waals surface area contributed by atoms with E-state index in [1.54, 1.807) is 6.92 Å². The molecule has 0 unspecified atom stereocenters. The Bertz CT molecular complexity index is 845. The lowest BCUT2D eigenvalue weighted by atomic mass is 10.2. The number of halogens is 1. The van der Waals surface area contributed by atoms with Crippen LogP contribution in [0.1, 0.15) is 19.4 Å². The Hall–Kier alpha value is -1.86. The number of nitrogens with zero attached hydrogens (tertiary/aromatic N) is 3. The van der Waals surface area contributed by atoms with Crippen LogP contribution in [0.4, 0.5) is 0 Å². The van der Waals surface area contributed by atoms with Gasteiger partial charge < -0.3 is 4.42 Å². The highest BCUT2D eigenvalue weighted by Crippen LogP contribution is 2.30. The van der Waals surface area contributed by atoms with Crippen molar-refractivity contribution in [1.29, 1.82) is 0 Å². The Labute approximate surface area is 152 Å². The van der Waals surface area contributed by atoms with E-state index in [2.05, 4.69) is 26.1 Å².